The quantitative estimate of drug-likeness (QED) is 0.0305. The summed E-state index contributed by atoms with van der Waals surface area (Å²) in [4.78, 5) is 12.6. The van der Waals surface area contributed by atoms with Crippen LogP contribution in [0.15, 0.2) is 72.9 Å². The summed E-state index contributed by atoms with van der Waals surface area (Å²) in [5.74, 6) is 0.00706. The number of hydrogen-bond acceptors (Lipinski definition) is 2. The van der Waals surface area contributed by atoms with E-state index in [4.69, 9.17) is 4.74 Å². The highest BCUT2D eigenvalue weighted by molar-refractivity contribution is 5.69. The van der Waals surface area contributed by atoms with Gasteiger partial charge in [-0.2, -0.15) is 0 Å². The molecule has 0 aliphatic heterocycles. The van der Waals surface area contributed by atoms with Crippen molar-refractivity contribution >= 4 is 5.97 Å². The van der Waals surface area contributed by atoms with E-state index in [0.717, 1.165) is 56.0 Å². The van der Waals surface area contributed by atoms with Gasteiger partial charge in [0.1, 0.15) is 6.10 Å². The Kier molecular flexibility index (Phi) is 33.6. The maximum atomic E-state index is 12.6. The number of unbranched alkanes of at least 4 members (excludes halogenated alkanes) is 12. The molecule has 0 saturated carbocycles. The zero-order chi connectivity index (χ0) is 34.5. The van der Waals surface area contributed by atoms with Gasteiger partial charge in [-0.3, -0.25) is 4.79 Å². The predicted octanol–water partition coefficient (Wildman–Crippen LogP) is 13.3. The van der Waals surface area contributed by atoms with E-state index in [1.165, 1.54) is 103 Å². The normalized spacial score (nSPS) is 13.6. The number of carbonyl (C=O) groups is 1. The average Bonchev–Trinajstić information content (AvgIpc) is 3.03. The number of carbonyl (C=O) groups excluding carboxylic acids is 1. The van der Waals surface area contributed by atoms with Crippen LogP contribution in [0.1, 0.15) is 168 Å². The van der Waals surface area contributed by atoms with Gasteiger partial charge in [0, 0.05) is 6.42 Å². The minimum atomic E-state index is 0.00706. The number of ether oxygens (including phenoxy) is 1. The van der Waals surface area contributed by atoms with Gasteiger partial charge in [0.15, 0.2) is 0 Å². The van der Waals surface area contributed by atoms with E-state index in [9.17, 15) is 4.79 Å². The van der Waals surface area contributed by atoms with Gasteiger partial charge in [-0.1, -0.05) is 138 Å². The highest BCUT2D eigenvalue weighted by Gasteiger charge is 2.16. The molecule has 0 aliphatic carbocycles. The molecule has 270 valence electrons. The summed E-state index contributed by atoms with van der Waals surface area (Å²) in [6, 6.07) is 0. The van der Waals surface area contributed by atoms with Gasteiger partial charge in [0.2, 0.25) is 0 Å². The first-order valence-electron chi connectivity index (χ1n) is 19.8. The van der Waals surface area contributed by atoms with Crippen LogP contribution in [0.4, 0.5) is 0 Å². The molecule has 0 radical (unpaired) electrons. The molecule has 0 aromatic heterocycles. The zero-order valence-electron chi connectivity index (χ0n) is 31.9. The van der Waals surface area contributed by atoms with Crippen LogP contribution in [0.25, 0.3) is 0 Å². The third-order valence-corrected chi connectivity index (χ3v) is 8.30. The third kappa shape index (κ3) is 38.2. The maximum Gasteiger partial charge on any atom is 0.306 e. The standard InChI is InChI=1S/C44H78NO2/c1-6-8-10-12-14-16-18-20-22-24-26-28-30-32-34-36-39-43(47-44(46)41-38-42-45(3,4)5)40-37-35-33-31-29-27-25-23-21-19-17-15-13-11-9-7-2/h10-13,16-19,22-25,43H,6-9,14-15,20-21,26-42H2,1-5H3/q+1. The van der Waals surface area contributed by atoms with Gasteiger partial charge in [-0.05, 0) is 89.9 Å². The molecule has 0 unspecified atom stereocenters. The van der Waals surface area contributed by atoms with Crippen LogP contribution in [0, 0.1) is 0 Å². The summed E-state index contributed by atoms with van der Waals surface area (Å²) in [6.45, 7) is 5.44. The number of quaternary nitrogens is 1. The van der Waals surface area contributed by atoms with E-state index in [0.29, 0.717) is 6.42 Å². The summed E-state index contributed by atoms with van der Waals surface area (Å²) in [6.07, 6.45) is 55.0. The second kappa shape index (κ2) is 35.2. The second-order valence-electron chi connectivity index (χ2n) is 14.3. The van der Waals surface area contributed by atoms with Crippen molar-refractivity contribution in [1.82, 2.24) is 0 Å². The summed E-state index contributed by atoms with van der Waals surface area (Å²) in [5.41, 5.74) is 0. The van der Waals surface area contributed by atoms with Crippen molar-refractivity contribution in [3.63, 3.8) is 0 Å². The van der Waals surface area contributed by atoms with Crippen LogP contribution in [0.5, 0.6) is 0 Å². The van der Waals surface area contributed by atoms with E-state index < -0.39 is 0 Å². The smallest absolute Gasteiger partial charge is 0.306 e. The topological polar surface area (TPSA) is 26.3 Å². The molecule has 0 atom stereocenters. The fraction of sp³-hybridized carbons (Fsp3) is 0.705. The summed E-state index contributed by atoms with van der Waals surface area (Å²) in [7, 11) is 6.54. The van der Waals surface area contributed by atoms with E-state index in [-0.39, 0.29) is 12.1 Å². The van der Waals surface area contributed by atoms with Crippen LogP contribution in [-0.2, 0) is 9.53 Å². The fourth-order valence-electron chi connectivity index (χ4n) is 5.42. The predicted molar refractivity (Wildman–Crippen MR) is 210 cm³/mol. The average molecular weight is 653 g/mol. The molecule has 0 aromatic carbocycles. The number of esters is 1. The van der Waals surface area contributed by atoms with Crippen molar-refractivity contribution in [3.8, 4) is 0 Å². The first-order valence-corrected chi connectivity index (χ1v) is 19.8. The van der Waals surface area contributed by atoms with Crippen molar-refractivity contribution in [1.29, 1.82) is 0 Å². The molecule has 0 N–H and O–H groups in total. The van der Waals surface area contributed by atoms with Gasteiger partial charge in [0.05, 0.1) is 34.1 Å². The molecule has 0 fully saturated rings. The Hall–Kier alpha value is -2.13. The molecule has 0 aromatic rings. The molecular weight excluding hydrogens is 574 g/mol. The molecule has 0 aliphatic rings. The fourth-order valence-corrected chi connectivity index (χ4v) is 5.42. The van der Waals surface area contributed by atoms with Crippen molar-refractivity contribution in [3.05, 3.63) is 72.9 Å². The first-order chi connectivity index (χ1) is 22.9. The first kappa shape index (κ1) is 44.9. The van der Waals surface area contributed by atoms with Crippen LogP contribution < -0.4 is 0 Å². The minimum Gasteiger partial charge on any atom is -0.462 e. The van der Waals surface area contributed by atoms with Crippen molar-refractivity contribution in [2.75, 3.05) is 27.7 Å². The van der Waals surface area contributed by atoms with Crippen molar-refractivity contribution < 1.29 is 14.0 Å². The summed E-state index contributed by atoms with van der Waals surface area (Å²) in [5, 5.41) is 0. The molecule has 0 saturated heterocycles. The number of hydrogen-bond donors (Lipinski definition) is 0. The second-order valence-corrected chi connectivity index (χ2v) is 14.3. The van der Waals surface area contributed by atoms with Crippen molar-refractivity contribution in [2.45, 2.75) is 174 Å². The molecule has 0 heterocycles. The molecule has 47 heavy (non-hydrogen) atoms. The van der Waals surface area contributed by atoms with E-state index >= 15 is 0 Å². The lowest BCUT2D eigenvalue weighted by molar-refractivity contribution is -0.870. The molecule has 3 nitrogen and oxygen atoms in total. The SMILES string of the molecule is CCCC=CCC=CCC=CCCCCCCCC(CCCCCCCC=CCC=CCC=CCCC)OC(=O)CCC[N+](C)(C)C. The number of rotatable bonds is 33. The van der Waals surface area contributed by atoms with Gasteiger partial charge in [-0.15, -0.1) is 0 Å². The molecule has 3 heteroatoms. The molecule has 0 spiro atoms. The summed E-state index contributed by atoms with van der Waals surface area (Å²) < 4.78 is 6.92. The minimum absolute atomic E-state index is 0.00706. The Labute approximate surface area is 294 Å². The largest absolute Gasteiger partial charge is 0.462 e. The monoisotopic (exact) mass is 653 g/mol. The molecule has 0 amide bonds. The van der Waals surface area contributed by atoms with Crippen LogP contribution >= 0.6 is 0 Å². The van der Waals surface area contributed by atoms with E-state index in [1.54, 1.807) is 0 Å². The lowest BCUT2D eigenvalue weighted by Crippen LogP contribution is -2.35. The lowest BCUT2D eigenvalue weighted by Gasteiger charge is -2.24. The Morgan fingerprint density at radius 2 is 0.851 bits per heavy atom. The van der Waals surface area contributed by atoms with Gasteiger partial charge >= 0.3 is 5.97 Å². The zero-order valence-corrected chi connectivity index (χ0v) is 31.9. The highest BCUT2D eigenvalue weighted by atomic mass is 16.5. The highest BCUT2D eigenvalue weighted by Crippen LogP contribution is 2.18. The Morgan fingerprint density at radius 3 is 1.26 bits per heavy atom. The van der Waals surface area contributed by atoms with Crippen LogP contribution in [-0.4, -0.2) is 44.2 Å². The Bertz CT molecular complexity index is 801. The van der Waals surface area contributed by atoms with Gasteiger partial charge < -0.3 is 9.22 Å². The van der Waals surface area contributed by atoms with Crippen molar-refractivity contribution in [2.24, 2.45) is 0 Å². The third-order valence-electron chi connectivity index (χ3n) is 8.30. The Morgan fingerprint density at radius 1 is 0.489 bits per heavy atom. The van der Waals surface area contributed by atoms with Crippen LogP contribution in [0.3, 0.4) is 0 Å². The van der Waals surface area contributed by atoms with E-state index in [2.05, 4.69) is 108 Å². The Balaban J connectivity index is 4.15. The van der Waals surface area contributed by atoms with Gasteiger partial charge in [-0.25, -0.2) is 0 Å². The number of allylic oxidation sites excluding steroid dienone is 12. The molecular formula is C44H78NO2+. The van der Waals surface area contributed by atoms with E-state index in [1.807, 2.05) is 0 Å². The van der Waals surface area contributed by atoms with Crippen LogP contribution in [0.2, 0.25) is 0 Å². The molecule has 0 bridgehead atoms. The maximum absolute atomic E-state index is 12.6. The number of nitrogens with zero attached hydrogens (tertiary/aromatic N) is 1. The molecule has 0 rings (SSSR count). The summed E-state index contributed by atoms with van der Waals surface area (Å²) >= 11 is 0. The lowest BCUT2D eigenvalue weighted by atomic mass is 10.0. The van der Waals surface area contributed by atoms with Gasteiger partial charge in [0.25, 0.3) is 0 Å².